The van der Waals surface area contributed by atoms with E-state index in [1.807, 2.05) is 12.4 Å². The lowest BCUT2D eigenvalue weighted by atomic mass is 10.2. The fourth-order valence-corrected chi connectivity index (χ4v) is 1.17. The Hall–Kier alpha value is -0.870. The van der Waals surface area contributed by atoms with Crippen molar-refractivity contribution in [1.29, 1.82) is 0 Å². The van der Waals surface area contributed by atoms with Crippen molar-refractivity contribution in [3.05, 3.63) is 18.0 Å². The van der Waals surface area contributed by atoms with Gasteiger partial charge < -0.3 is 10.6 Å². The molecule has 0 radical (unpaired) electrons. The molecule has 0 aliphatic carbocycles. The number of H-pyrrole nitrogens is 1. The van der Waals surface area contributed by atoms with Crippen LogP contribution in [-0.2, 0) is 6.54 Å². The summed E-state index contributed by atoms with van der Waals surface area (Å²) in [6.45, 7) is 8.43. The number of aromatic amines is 1. The van der Waals surface area contributed by atoms with Crippen molar-refractivity contribution < 1.29 is 0 Å². The summed E-state index contributed by atoms with van der Waals surface area (Å²) in [5, 5.41) is 13.4. The van der Waals surface area contributed by atoms with Crippen LogP contribution in [0.1, 0.15) is 19.4 Å². The van der Waals surface area contributed by atoms with E-state index in [1.165, 1.54) is 5.56 Å². The third-order valence-electron chi connectivity index (χ3n) is 1.92. The van der Waals surface area contributed by atoms with Crippen molar-refractivity contribution in [3.63, 3.8) is 0 Å². The second kappa shape index (κ2) is 6.56. The summed E-state index contributed by atoms with van der Waals surface area (Å²) >= 11 is 0. The van der Waals surface area contributed by atoms with Crippen LogP contribution in [0.2, 0.25) is 0 Å². The third-order valence-corrected chi connectivity index (χ3v) is 1.92. The van der Waals surface area contributed by atoms with Gasteiger partial charge in [0, 0.05) is 31.4 Å². The Kier molecular flexibility index (Phi) is 5.25. The van der Waals surface area contributed by atoms with Gasteiger partial charge in [0.2, 0.25) is 0 Å². The predicted octanol–water partition coefficient (Wildman–Crippen LogP) is 0.745. The minimum atomic E-state index is 0.726. The van der Waals surface area contributed by atoms with Crippen LogP contribution in [0.25, 0.3) is 0 Å². The quantitative estimate of drug-likeness (QED) is 0.564. The highest BCUT2D eigenvalue weighted by molar-refractivity contribution is 5.01. The van der Waals surface area contributed by atoms with Gasteiger partial charge in [-0.1, -0.05) is 13.8 Å². The summed E-state index contributed by atoms with van der Waals surface area (Å²) in [4.78, 5) is 0. The number of nitrogens with zero attached hydrogens (tertiary/aromatic N) is 1. The molecule has 0 aliphatic heterocycles. The maximum atomic E-state index is 3.88. The lowest BCUT2D eigenvalue weighted by Crippen LogP contribution is -2.29. The molecule has 0 saturated heterocycles. The molecule has 80 valence electrons. The highest BCUT2D eigenvalue weighted by Gasteiger charge is 1.94. The molecule has 0 bridgehead atoms. The van der Waals surface area contributed by atoms with Crippen molar-refractivity contribution in [2.75, 3.05) is 19.6 Å². The molecule has 1 aromatic rings. The minimum Gasteiger partial charge on any atom is -0.315 e. The van der Waals surface area contributed by atoms with E-state index < -0.39 is 0 Å². The molecule has 0 spiro atoms. The SMILES string of the molecule is CC(C)CNCCNCc1cn[nH]c1. The summed E-state index contributed by atoms with van der Waals surface area (Å²) in [5.74, 6) is 0.726. The molecule has 3 N–H and O–H groups in total. The minimum absolute atomic E-state index is 0.726. The molecule has 4 nitrogen and oxygen atoms in total. The molecular weight excluding hydrogens is 176 g/mol. The average Bonchev–Trinajstić information content (AvgIpc) is 2.63. The van der Waals surface area contributed by atoms with E-state index in [0.29, 0.717) is 0 Å². The molecule has 1 aromatic heterocycles. The van der Waals surface area contributed by atoms with Crippen LogP contribution >= 0.6 is 0 Å². The Labute approximate surface area is 85.5 Å². The number of hydrogen-bond acceptors (Lipinski definition) is 3. The molecule has 1 rings (SSSR count). The van der Waals surface area contributed by atoms with Crippen LogP contribution < -0.4 is 10.6 Å². The maximum Gasteiger partial charge on any atom is 0.0532 e. The molecule has 0 aromatic carbocycles. The number of hydrogen-bond donors (Lipinski definition) is 3. The van der Waals surface area contributed by atoms with Crippen LogP contribution in [0.5, 0.6) is 0 Å². The zero-order valence-electron chi connectivity index (χ0n) is 9.01. The molecule has 0 amide bonds. The standard InChI is InChI=1S/C10H20N4/c1-9(2)5-11-3-4-12-6-10-7-13-14-8-10/h7-9,11-12H,3-6H2,1-2H3,(H,13,14). The van der Waals surface area contributed by atoms with Crippen LogP contribution in [0, 0.1) is 5.92 Å². The van der Waals surface area contributed by atoms with E-state index in [9.17, 15) is 0 Å². The van der Waals surface area contributed by atoms with Gasteiger partial charge in [0.1, 0.15) is 0 Å². The predicted molar refractivity (Wildman–Crippen MR) is 58.0 cm³/mol. The van der Waals surface area contributed by atoms with Crippen LogP contribution in [0.3, 0.4) is 0 Å². The highest BCUT2D eigenvalue weighted by atomic mass is 15.1. The number of nitrogens with one attached hydrogen (secondary N) is 3. The van der Waals surface area contributed by atoms with Crippen LogP contribution in [0.4, 0.5) is 0 Å². The van der Waals surface area contributed by atoms with Crippen molar-refractivity contribution in [2.24, 2.45) is 5.92 Å². The Morgan fingerprint density at radius 3 is 2.79 bits per heavy atom. The molecule has 0 saturated carbocycles. The molecule has 0 fully saturated rings. The van der Waals surface area contributed by atoms with Gasteiger partial charge in [0.05, 0.1) is 6.20 Å². The Bertz CT molecular complexity index is 218. The lowest BCUT2D eigenvalue weighted by molar-refractivity contribution is 0.535. The van der Waals surface area contributed by atoms with E-state index in [-0.39, 0.29) is 0 Å². The summed E-state index contributed by atoms with van der Waals surface area (Å²) in [7, 11) is 0. The second-order valence-electron chi connectivity index (χ2n) is 3.88. The van der Waals surface area contributed by atoms with Crippen molar-refractivity contribution >= 4 is 0 Å². The van der Waals surface area contributed by atoms with Crippen molar-refractivity contribution in [1.82, 2.24) is 20.8 Å². The largest absolute Gasteiger partial charge is 0.315 e. The van der Waals surface area contributed by atoms with Crippen molar-refractivity contribution in [3.8, 4) is 0 Å². The second-order valence-corrected chi connectivity index (χ2v) is 3.88. The van der Waals surface area contributed by atoms with Crippen LogP contribution in [-0.4, -0.2) is 29.8 Å². The topological polar surface area (TPSA) is 52.7 Å². The van der Waals surface area contributed by atoms with Gasteiger partial charge in [0.15, 0.2) is 0 Å². The third kappa shape index (κ3) is 4.99. The molecule has 1 heterocycles. The number of aromatic nitrogens is 2. The monoisotopic (exact) mass is 196 g/mol. The van der Waals surface area contributed by atoms with Crippen molar-refractivity contribution in [2.45, 2.75) is 20.4 Å². The van der Waals surface area contributed by atoms with E-state index in [2.05, 4.69) is 34.7 Å². The van der Waals surface area contributed by atoms with Gasteiger partial charge in [0.25, 0.3) is 0 Å². The highest BCUT2D eigenvalue weighted by Crippen LogP contribution is 1.90. The summed E-state index contributed by atoms with van der Waals surface area (Å²) in [5.41, 5.74) is 1.20. The average molecular weight is 196 g/mol. The van der Waals surface area contributed by atoms with Gasteiger partial charge in [-0.05, 0) is 12.5 Å². The summed E-state index contributed by atoms with van der Waals surface area (Å²) in [6.07, 6.45) is 3.75. The zero-order chi connectivity index (χ0) is 10.2. The molecule has 4 heteroatoms. The van der Waals surface area contributed by atoms with E-state index in [0.717, 1.165) is 32.1 Å². The Morgan fingerprint density at radius 2 is 2.14 bits per heavy atom. The first-order chi connectivity index (χ1) is 6.79. The number of rotatable bonds is 7. The van der Waals surface area contributed by atoms with E-state index in [4.69, 9.17) is 0 Å². The lowest BCUT2D eigenvalue weighted by Gasteiger charge is -2.07. The fraction of sp³-hybridized carbons (Fsp3) is 0.700. The first kappa shape index (κ1) is 11.2. The van der Waals surface area contributed by atoms with Gasteiger partial charge in [-0.25, -0.2) is 0 Å². The molecule has 0 atom stereocenters. The first-order valence-corrected chi connectivity index (χ1v) is 5.18. The molecule has 14 heavy (non-hydrogen) atoms. The molecular formula is C10H20N4. The van der Waals surface area contributed by atoms with Gasteiger partial charge >= 0.3 is 0 Å². The Balaban J connectivity index is 1.90. The normalized spacial score (nSPS) is 11.1. The smallest absolute Gasteiger partial charge is 0.0532 e. The summed E-state index contributed by atoms with van der Waals surface area (Å²) in [6, 6.07) is 0. The maximum absolute atomic E-state index is 3.88. The fourth-order valence-electron chi connectivity index (χ4n) is 1.17. The Morgan fingerprint density at radius 1 is 1.36 bits per heavy atom. The van der Waals surface area contributed by atoms with Crippen LogP contribution in [0.15, 0.2) is 12.4 Å². The molecule has 0 aliphatic rings. The van der Waals surface area contributed by atoms with Gasteiger partial charge in [-0.2, -0.15) is 5.10 Å². The zero-order valence-corrected chi connectivity index (χ0v) is 9.01. The van der Waals surface area contributed by atoms with E-state index >= 15 is 0 Å². The summed E-state index contributed by atoms with van der Waals surface area (Å²) < 4.78 is 0. The first-order valence-electron chi connectivity index (χ1n) is 5.18. The molecule has 0 unspecified atom stereocenters. The van der Waals surface area contributed by atoms with Gasteiger partial charge in [-0.15, -0.1) is 0 Å². The van der Waals surface area contributed by atoms with E-state index in [1.54, 1.807) is 0 Å². The van der Waals surface area contributed by atoms with Gasteiger partial charge in [-0.3, -0.25) is 5.10 Å².